The molecule has 3 heterocycles. The van der Waals surface area contributed by atoms with Crippen LogP contribution >= 0.6 is 0 Å². The van der Waals surface area contributed by atoms with Crippen molar-refractivity contribution in [3.05, 3.63) is 42.5 Å². The van der Waals surface area contributed by atoms with Gasteiger partial charge in [0.05, 0.1) is 6.04 Å². The van der Waals surface area contributed by atoms with E-state index in [1.165, 1.54) is 9.70 Å². The molecule has 1 aromatic carbocycles. The van der Waals surface area contributed by atoms with Crippen molar-refractivity contribution in [2.45, 2.75) is 100 Å². The number of amides is 3. The van der Waals surface area contributed by atoms with Gasteiger partial charge < -0.3 is 25.4 Å². The first-order valence-corrected chi connectivity index (χ1v) is 15.7. The number of carboxylic acid groups (broad SMARTS) is 1. The summed E-state index contributed by atoms with van der Waals surface area (Å²) < 4.78 is 5.61. The third kappa shape index (κ3) is 6.31. The second-order valence-electron chi connectivity index (χ2n) is 12.3. The molecule has 44 heavy (non-hydrogen) atoms. The first-order valence-electron chi connectivity index (χ1n) is 15.7. The number of nitrogens with one attached hydrogen (secondary N) is 2. The first-order chi connectivity index (χ1) is 21.3. The topological polar surface area (TPSA) is 169 Å². The van der Waals surface area contributed by atoms with Gasteiger partial charge in [-0.05, 0) is 56.6 Å². The zero-order valence-corrected chi connectivity index (χ0v) is 24.6. The van der Waals surface area contributed by atoms with E-state index >= 15 is 0 Å². The lowest BCUT2D eigenvalue weighted by atomic mass is 10.0. The quantitative estimate of drug-likeness (QED) is 0.434. The summed E-state index contributed by atoms with van der Waals surface area (Å²) in [7, 11) is 0. The Labute approximate surface area is 255 Å². The average molecular weight is 606 g/mol. The van der Waals surface area contributed by atoms with Crippen LogP contribution in [0.2, 0.25) is 0 Å². The first kappa shape index (κ1) is 29.8. The van der Waals surface area contributed by atoms with Crippen molar-refractivity contribution in [3.8, 4) is 11.4 Å². The SMILES string of the molecule is O=C(N[C@H]1CCCCC/C=C\[C@@H]2C[C@@]2(C(=O)O)NC(=O)[C@@H]2C[C@@H](n3nnc(-c4ccccc4)n3)CN2C1=O)OC1CCCC1. The number of carboxylic acids is 1. The summed E-state index contributed by atoms with van der Waals surface area (Å²) in [5.41, 5.74) is -0.628. The molecule has 4 aliphatic rings. The minimum Gasteiger partial charge on any atom is -0.479 e. The van der Waals surface area contributed by atoms with Gasteiger partial charge in [-0.3, -0.25) is 9.59 Å². The minimum absolute atomic E-state index is 0.0980. The zero-order chi connectivity index (χ0) is 30.7. The number of aromatic nitrogens is 4. The maximum absolute atomic E-state index is 14.2. The van der Waals surface area contributed by atoms with Crippen LogP contribution < -0.4 is 10.6 Å². The summed E-state index contributed by atoms with van der Waals surface area (Å²) >= 11 is 0. The van der Waals surface area contributed by atoms with Crippen molar-refractivity contribution < 1.29 is 29.0 Å². The summed E-state index contributed by atoms with van der Waals surface area (Å²) in [6.45, 7) is 0.0980. The van der Waals surface area contributed by atoms with Crippen LogP contribution in [-0.4, -0.2) is 84.4 Å². The number of nitrogens with zero attached hydrogens (tertiary/aromatic N) is 5. The molecule has 3 fully saturated rings. The molecule has 13 heteroatoms. The molecule has 0 unspecified atom stereocenters. The van der Waals surface area contributed by atoms with Crippen molar-refractivity contribution in [1.82, 2.24) is 35.7 Å². The number of aliphatic carboxylic acids is 1. The molecular weight excluding hydrogens is 566 g/mol. The van der Waals surface area contributed by atoms with E-state index in [9.17, 15) is 24.3 Å². The molecule has 13 nitrogen and oxygen atoms in total. The monoisotopic (exact) mass is 605 g/mol. The largest absolute Gasteiger partial charge is 0.479 e. The zero-order valence-electron chi connectivity index (χ0n) is 24.6. The molecule has 5 atom stereocenters. The summed E-state index contributed by atoms with van der Waals surface area (Å²) in [6, 6.07) is 6.99. The van der Waals surface area contributed by atoms with E-state index in [0.29, 0.717) is 18.7 Å². The third-order valence-electron chi connectivity index (χ3n) is 9.29. The Morgan fingerprint density at radius 2 is 1.82 bits per heavy atom. The highest BCUT2D eigenvalue weighted by Gasteiger charge is 2.61. The lowest BCUT2D eigenvalue weighted by Gasteiger charge is -2.29. The van der Waals surface area contributed by atoms with Gasteiger partial charge in [0.2, 0.25) is 17.6 Å². The smallest absolute Gasteiger partial charge is 0.408 e. The molecule has 3 N–H and O–H groups in total. The predicted octanol–water partition coefficient (Wildman–Crippen LogP) is 3.00. The van der Waals surface area contributed by atoms with Crippen LogP contribution in [0.25, 0.3) is 11.4 Å². The molecule has 1 saturated heterocycles. The van der Waals surface area contributed by atoms with Crippen LogP contribution in [0.15, 0.2) is 42.5 Å². The predicted molar refractivity (Wildman–Crippen MR) is 157 cm³/mol. The number of hydrogen-bond acceptors (Lipinski definition) is 8. The van der Waals surface area contributed by atoms with E-state index in [1.54, 1.807) is 0 Å². The van der Waals surface area contributed by atoms with Gasteiger partial charge in [0.15, 0.2) is 0 Å². The van der Waals surface area contributed by atoms with Crippen molar-refractivity contribution >= 4 is 23.9 Å². The van der Waals surface area contributed by atoms with E-state index in [-0.39, 0.29) is 31.4 Å². The van der Waals surface area contributed by atoms with Gasteiger partial charge in [-0.2, -0.15) is 4.80 Å². The molecule has 234 valence electrons. The fourth-order valence-corrected chi connectivity index (χ4v) is 6.66. The number of ether oxygens (including phenoxy) is 1. The molecule has 3 amide bonds. The maximum Gasteiger partial charge on any atom is 0.408 e. The maximum atomic E-state index is 14.2. The number of carbonyl (C=O) groups excluding carboxylic acids is 3. The van der Waals surface area contributed by atoms with E-state index in [2.05, 4.69) is 26.0 Å². The average Bonchev–Trinajstić information content (AvgIpc) is 3.49. The number of tetrazole rings is 1. The lowest BCUT2D eigenvalue weighted by Crippen LogP contribution is -2.56. The van der Waals surface area contributed by atoms with Crippen molar-refractivity contribution in [1.29, 1.82) is 0 Å². The Bertz CT molecular complexity index is 1410. The van der Waals surface area contributed by atoms with Gasteiger partial charge in [0.25, 0.3) is 0 Å². The number of allylic oxidation sites excluding steroid dienone is 1. The Morgan fingerprint density at radius 1 is 1.05 bits per heavy atom. The number of fused-ring (bicyclic) bond motifs is 2. The van der Waals surface area contributed by atoms with Crippen LogP contribution in [-0.2, 0) is 19.1 Å². The van der Waals surface area contributed by atoms with Gasteiger partial charge in [0.1, 0.15) is 23.7 Å². The fraction of sp³-hybridized carbons (Fsp3) is 0.581. The molecule has 2 saturated carbocycles. The fourth-order valence-electron chi connectivity index (χ4n) is 6.66. The Morgan fingerprint density at radius 3 is 2.59 bits per heavy atom. The summed E-state index contributed by atoms with van der Waals surface area (Å²) in [5, 5.41) is 28.6. The van der Waals surface area contributed by atoms with Crippen LogP contribution in [0, 0.1) is 5.92 Å². The number of hydrogen-bond donors (Lipinski definition) is 3. The summed E-state index contributed by atoms with van der Waals surface area (Å²) in [5.74, 6) is -1.97. The van der Waals surface area contributed by atoms with Crippen LogP contribution in [0.4, 0.5) is 4.79 Å². The summed E-state index contributed by atoms with van der Waals surface area (Å²) in [4.78, 5) is 56.1. The Hall–Kier alpha value is -4.29. The van der Waals surface area contributed by atoms with E-state index in [4.69, 9.17) is 4.74 Å². The molecular formula is C31H39N7O6. The van der Waals surface area contributed by atoms with Crippen molar-refractivity contribution in [2.24, 2.45) is 5.92 Å². The molecule has 2 aliphatic heterocycles. The van der Waals surface area contributed by atoms with Crippen molar-refractivity contribution in [3.63, 3.8) is 0 Å². The standard InChI is InChI=1S/C31H39N7O6/c39-27-25-17-22(38-35-26(34-36-38)20-11-5-4-6-12-20)19-37(25)28(40)24(32-30(43)44-23-14-9-10-15-23)16-8-3-1-2-7-13-21-18-31(21,33-27)29(41)42/h4-7,11-13,21-25H,1-3,8-10,14-19H2,(H,32,43)(H,33,39)(H,41,42)/b13-7-/t21-,22-,24+,25+,31-/m1/s1. The molecule has 0 spiro atoms. The van der Waals surface area contributed by atoms with Crippen molar-refractivity contribution in [2.75, 3.05) is 6.54 Å². The number of benzene rings is 1. The van der Waals surface area contributed by atoms with E-state index in [1.807, 2.05) is 42.5 Å². The molecule has 0 radical (unpaired) electrons. The number of carbonyl (C=O) groups is 4. The highest BCUT2D eigenvalue weighted by atomic mass is 16.6. The number of rotatable bonds is 5. The normalized spacial score (nSPS) is 30.3. The molecule has 2 aliphatic carbocycles. The van der Waals surface area contributed by atoms with Crippen LogP contribution in [0.1, 0.15) is 76.7 Å². The second kappa shape index (κ2) is 12.7. The minimum atomic E-state index is -1.41. The second-order valence-corrected chi connectivity index (χ2v) is 12.3. The highest BCUT2D eigenvalue weighted by molar-refractivity contribution is 5.96. The lowest BCUT2D eigenvalue weighted by molar-refractivity contribution is -0.145. The van der Waals surface area contributed by atoms with Crippen LogP contribution in [0.3, 0.4) is 0 Å². The van der Waals surface area contributed by atoms with E-state index < -0.39 is 47.5 Å². The van der Waals surface area contributed by atoms with Gasteiger partial charge in [-0.25, -0.2) is 9.59 Å². The number of alkyl carbamates (subject to hydrolysis) is 1. The van der Waals surface area contributed by atoms with Gasteiger partial charge >= 0.3 is 12.1 Å². The molecule has 1 aromatic heterocycles. The van der Waals surface area contributed by atoms with Crippen LogP contribution in [0.5, 0.6) is 0 Å². The highest BCUT2D eigenvalue weighted by Crippen LogP contribution is 2.45. The van der Waals surface area contributed by atoms with Gasteiger partial charge in [0, 0.05) is 24.4 Å². The Balaban J connectivity index is 1.27. The molecule has 2 aromatic rings. The Kier molecular flexibility index (Phi) is 8.62. The molecule has 6 rings (SSSR count). The van der Waals surface area contributed by atoms with E-state index in [0.717, 1.165) is 50.5 Å². The summed E-state index contributed by atoms with van der Waals surface area (Å²) in [6.07, 6.45) is 10.6. The van der Waals surface area contributed by atoms with Gasteiger partial charge in [-0.15, -0.1) is 10.2 Å². The molecule has 0 bridgehead atoms. The third-order valence-corrected chi connectivity index (χ3v) is 9.29. The van der Waals surface area contributed by atoms with Gasteiger partial charge in [-0.1, -0.05) is 55.3 Å².